The molecule has 0 amide bonds. The Bertz CT molecular complexity index is 471. The van der Waals surface area contributed by atoms with Crippen molar-refractivity contribution in [2.24, 2.45) is 5.92 Å². The molecule has 0 bridgehead atoms. The van der Waals surface area contributed by atoms with E-state index >= 15 is 0 Å². The number of hydrogen-bond donors (Lipinski definition) is 1. The molecule has 3 unspecified atom stereocenters. The Morgan fingerprint density at radius 2 is 2.14 bits per heavy atom. The summed E-state index contributed by atoms with van der Waals surface area (Å²) in [5, 5.41) is 4.89. The molecule has 1 aromatic heterocycles. The van der Waals surface area contributed by atoms with Crippen molar-refractivity contribution in [2.75, 3.05) is 18.5 Å². The molecule has 1 saturated carbocycles. The molecule has 0 aromatic carbocycles. The second kappa shape index (κ2) is 6.66. The zero-order chi connectivity index (χ0) is 14.8. The topological polar surface area (TPSA) is 28.2 Å². The molecule has 0 saturated heterocycles. The number of anilines is 1. The van der Waals surface area contributed by atoms with E-state index in [0.717, 1.165) is 12.5 Å². The van der Waals surface area contributed by atoms with Crippen LogP contribution in [0.4, 0.5) is 5.13 Å². The lowest BCUT2D eigenvalue weighted by atomic mass is 9.86. The Balaban J connectivity index is 1.76. The molecule has 3 rings (SSSR count). The van der Waals surface area contributed by atoms with Crippen LogP contribution in [0.5, 0.6) is 0 Å². The standard InChI is InChI=1S/C17H29N3S/c1-4-18-14-9-6-10-15-16(14)21-17(19-15)20(3)13-8-5-7-12(2)11-13/h12-14,18H,4-11H2,1-3H3. The van der Waals surface area contributed by atoms with Gasteiger partial charge in [0.15, 0.2) is 5.13 Å². The van der Waals surface area contributed by atoms with Gasteiger partial charge < -0.3 is 10.2 Å². The Morgan fingerprint density at radius 3 is 2.90 bits per heavy atom. The van der Waals surface area contributed by atoms with Gasteiger partial charge in [-0.2, -0.15) is 0 Å². The third-order valence-corrected chi connectivity index (χ3v) is 6.45. The molecule has 2 aliphatic rings. The fourth-order valence-corrected chi connectivity index (χ4v) is 5.16. The van der Waals surface area contributed by atoms with E-state index in [0.29, 0.717) is 12.1 Å². The van der Waals surface area contributed by atoms with E-state index in [1.54, 1.807) is 0 Å². The van der Waals surface area contributed by atoms with Crippen molar-refractivity contribution < 1.29 is 0 Å². The third kappa shape index (κ3) is 3.26. The molecule has 118 valence electrons. The maximum absolute atomic E-state index is 4.99. The molecule has 1 fully saturated rings. The Morgan fingerprint density at radius 1 is 1.29 bits per heavy atom. The van der Waals surface area contributed by atoms with E-state index in [-0.39, 0.29) is 0 Å². The lowest BCUT2D eigenvalue weighted by molar-refractivity contribution is 0.336. The number of aryl methyl sites for hydroxylation is 1. The molecule has 0 radical (unpaired) electrons. The van der Waals surface area contributed by atoms with Gasteiger partial charge in [-0.3, -0.25) is 0 Å². The van der Waals surface area contributed by atoms with E-state index in [1.807, 2.05) is 11.3 Å². The number of fused-ring (bicyclic) bond motifs is 1. The zero-order valence-electron chi connectivity index (χ0n) is 13.7. The zero-order valence-corrected chi connectivity index (χ0v) is 14.5. The summed E-state index contributed by atoms with van der Waals surface area (Å²) in [7, 11) is 2.26. The van der Waals surface area contributed by atoms with Gasteiger partial charge in [-0.25, -0.2) is 4.98 Å². The molecule has 2 aliphatic carbocycles. The quantitative estimate of drug-likeness (QED) is 0.906. The van der Waals surface area contributed by atoms with Gasteiger partial charge >= 0.3 is 0 Å². The first-order chi connectivity index (χ1) is 10.2. The summed E-state index contributed by atoms with van der Waals surface area (Å²) in [5.41, 5.74) is 1.36. The average molecular weight is 308 g/mol. The van der Waals surface area contributed by atoms with Crippen molar-refractivity contribution in [3.8, 4) is 0 Å². The van der Waals surface area contributed by atoms with Gasteiger partial charge in [0.1, 0.15) is 0 Å². The van der Waals surface area contributed by atoms with Crippen molar-refractivity contribution in [3.63, 3.8) is 0 Å². The van der Waals surface area contributed by atoms with Crippen LogP contribution in [-0.4, -0.2) is 24.6 Å². The number of hydrogen-bond acceptors (Lipinski definition) is 4. The smallest absolute Gasteiger partial charge is 0.185 e. The van der Waals surface area contributed by atoms with Crippen LogP contribution in [0.2, 0.25) is 0 Å². The van der Waals surface area contributed by atoms with Gasteiger partial charge in [-0.1, -0.05) is 38.0 Å². The number of rotatable bonds is 4. The summed E-state index contributed by atoms with van der Waals surface area (Å²) in [5.74, 6) is 0.871. The molecule has 0 aliphatic heterocycles. The van der Waals surface area contributed by atoms with Crippen molar-refractivity contribution >= 4 is 16.5 Å². The first-order valence-corrected chi connectivity index (χ1v) is 9.46. The van der Waals surface area contributed by atoms with Crippen LogP contribution in [0.25, 0.3) is 0 Å². The van der Waals surface area contributed by atoms with E-state index in [1.165, 1.54) is 60.6 Å². The van der Waals surface area contributed by atoms with Gasteiger partial charge in [-0.05, 0) is 44.6 Å². The van der Waals surface area contributed by atoms with E-state index in [9.17, 15) is 0 Å². The molecule has 21 heavy (non-hydrogen) atoms. The number of nitrogens with zero attached hydrogens (tertiary/aromatic N) is 2. The minimum absolute atomic E-state index is 0.545. The summed E-state index contributed by atoms with van der Waals surface area (Å²) in [4.78, 5) is 8.97. The molecule has 1 N–H and O–H groups in total. The minimum Gasteiger partial charge on any atom is -0.348 e. The van der Waals surface area contributed by atoms with Gasteiger partial charge in [0.2, 0.25) is 0 Å². The molecule has 4 heteroatoms. The monoisotopic (exact) mass is 307 g/mol. The van der Waals surface area contributed by atoms with Crippen molar-refractivity contribution in [3.05, 3.63) is 10.6 Å². The van der Waals surface area contributed by atoms with Crippen LogP contribution in [0.3, 0.4) is 0 Å². The normalized spacial score (nSPS) is 29.2. The highest BCUT2D eigenvalue weighted by Gasteiger charge is 2.28. The molecule has 3 nitrogen and oxygen atoms in total. The lowest BCUT2D eigenvalue weighted by Crippen LogP contribution is -2.35. The number of aromatic nitrogens is 1. The van der Waals surface area contributed by atoms with Crippen LogP contribution in [0.1, 0.15) is 69.0 Å². The second-order valence-corrected chi connectivity index (χ2v) is 7.86. The number of nitrogens with one attached hydrogen (secondary N) is 1. The molecular weight excluding hydrogens is 278 g/mol. The maximum atomic E-state index is 4.99. The Hall–Kier alpha value is -0.610. The average Bonchev–Trinajstić information content (AvgIpc) is 2.92. The molecular formula is C17H29N3S. The number of thiazole rings is 1. The summed E-state index contributed by atoms with van der Waals surface area (Å²) >= 11 is 1.94. The Labute approximate surface area is 133 Å². The SMILES string of the molecule is CCNC1CCCc2nc(N(C)C3CCCC(C)C3)sc21. The first-order valence-electron chi connectivity index (χ1n) is 8.64. The van der Waals surface area contributed by atoms with Gasteiger partial charge in [-0.15, -0.1) is 0 Å². The van der Waals surface area contributed by atoms with Crippen molar-refractivity contribution in [1.29, 1.82) is 0 Å². The summed E-state index contributed by atoms with van der Waals surface area (Å²) in [6, 6.07) is 1.24. The van der Waals surface area contributed by atoms with Crippen molar-refractivity contribution in [1.82, 2.24) is 10.3 Å². The molecule has 1 aromatic rings. The van der Waals surface area contributed by atoms with E-state index in [2.05, 4.69) is 31.1 Å². The summed E-state index contributed by atoms with van der Waals surface area (Å²) in [6.45, 7) is 5.65. The van der Waals surface area contributed by atoms with Gasteiger partial charge in [0.25, 0.3) is 0 Å². The summed E-state index contributed by atoms with van der Waals surface area (Å²) < 4.78 is 0. The second-order valence-electron chi connectivity index (χ2n) is 6.85. The highest BCUT2D eigenvalue weighted by Crippen LogP contribution is 2.39. The van der Waals surface area contributed by atoms with Crippen LogP contribution in [-0.2, 0) is 6.42 Å². The fraction of sp³-hybridized carbons (Fsp3) is 0.824. The van der Waals surface area contributed by atoms with Crippen LogP contribution in [0.15, 0.2) is 0 Å². The van der Waals surface area contributed by atoms with Gasteiger partial charge in [0, 0.05) is 24.0 Å². The molecule has 3 atom stereocenters. The predicted octanol–water partition coefficient (Wildman–Crippen LogP) is 4.14. The van der Waals surface area contributed by atoms with E-state index < -0.39 is 0 Å². The maximum Gasteiger partial charge on any atom is 0.185 e. The largest absolute Gasteiger partial charge is 0.348 e. The van der Waals surface area contributed by atoms with Crippen LogP contribution in [0, 0.1) is 5.92 Å². The minimum atomic E-state index is 0.545. The van der Waals surface area contributed by atoms with Crippen LogP contribution < -0.4 is 10.2 Å². The highest BCUT2D eigenvalue weighted by atomic mass is 32.1. The molecule has 1 heterocycles. The van der Waals surface area contributed by atoms with Gasteiger partial charge in [0.05, 0.1) is 5.69 Å². The van der Waals surface area contributed by atoms with E-state index in [4.69, 9.17) is 4.98 Å². The van der Waals surface area contributed by atoms with Crippen molar-refractivity contribution in [2.45, 2.75) is 70.9 Å². The lowest BCUT2D eigenvalue weighted by Gasteiger charge is -2.34. The third-order valence-electron chi connectivity index (χ3n) is 5.15. The summed E-state index contributed by atoms with van der Waals surface area (Å²) in [6.07, 6.45) is 9.16. The predicted molar refractivity (Wildman–Crippen MR) is 91.3 cm³/mol. The molecule has 0 spiro atoms. The van der Waals surface area contributed by atoms with Crippen LogP contribution >= 0.6 is 11.3 Å². The fourth-order valence-electron chi connectivity index (χ4n) is 3.91. The highest BCUT2D eigenvalue weighted by molar-refractivity contribution is 7.15. The Kier molecular flexibility index (Phi) is 4.85. The first kappa shape index (κ1) is 15.3.